The second kappa shape index (κ2) is 9.07. The van der Waals surface area contributed by atoms with Crippen LogP contribution < -0.4 is 15.5 Å². The summed E-state index contributed by atoms with van der Waals surface area (Å²) in [6.45, 7) is 7.16. The van der Waals surface area contributed by atoms with Crippen molar-refractivity contribution in [1.82, 2.24) is 4.90 Å². The molecule has 0 bridgehead atoms. The minimum Gasteiger partial charge on any atom is -0.377 e. The lowest BCUT2D eigenvalue weighted by Crippen LogP contribution is -2.32. The Hall–Kier alpha value is -3.02. The van der Waals surface area contributed by atoms with Crippen LogP contribution in [0, 0.1) is 6.92 Å². The van der Waals surface area contributed by atoms with Crippen molar-refractivity contribution in [3.05, 3.63) is 53.6 Å². The quantitative estimate of drug-likeness (QED) is 0.804. The first kappa shape index (κ1) is 20.3. The predicted octanol–water partition coefficient (Wildman–Crippen LogP) is 4.19. The van der Waals surface area contributed by atoms with Crippen molar-refractivity contribution < 1.29 is 9.59 Å². The maximum atomic E-state index is 12.9. The molecule has 0 radical (unpaired) electrons. The van der Waals surface area contributed by atoms with Gasteiger partial charge in [0.05, 0.1) is 5.56 Å². The summed E-state index contributed by atoms with van der Waals surface area (Å²) >= 11 is 0. The van der Waals surface area contributed by atoms with Crippen molar-refractivity contribution in [2.75, 3.05) is 42.7 Å². The summed E-state index contributed by atoms with van der Waals surface area (Å²) in [6, 6.07) is 12.6. The van der Waals surface area contributed by atoms with Gasteiger partial charge in [-0.05, 0) is 51.1 Å². The first-order chi connectivity index (χ1) is 12.8. The lowest BCUT2D eigenvalue weighted by Gasteiger charge is -2.23. The Balaban J connectivity index is 2.22. The fraction of sp³-hybridized carbons (Fsp3) is 0.333. The largest absolute Gasteiger partial charge is 0.377 e. The Morgan fingerprint density at radius 2 is 1.44 bits per heavy atom. The molecule has 3 amide bonds. The maximum absolute atomic E-state index is 12.9. The molecule has 0 saturated heterocycles. The van der Waals surface area contributed by atoms with Gasteiger partial charge in [0, 0.05) is 44.2 Å². The van der Waals surface area contributed by atoms with E-state index in [0.717, 1.165) is 11.3 Å². The van der Waals surface area contributed by atoms with E-state index in [2.05, 4.69) is 10.6 Å². The van der Waals surface area contributed by atoms with Gasteiger partial charge in [0.2, 0.25) is 0 Å². The molecule has 0 saturated carbocycles. The van der Waals surface area contributed by atoms with Crippen molar-refractivity contribution in [2.45, 2.75) is 20.8 Å². The van der Waals surface area contributed by atoms with Crippen LogP contribution in [-0.2, 0) is 0 Å². The van der Waals surface area contributed by atoms with Crippen LogP contribution in [0.1, 0.15) is 29.8 Å². The van der Waals surface area contributed by atoms with E-state index in [9.17, 15) is 9.59 Å². The van der Waals surface area contributed by atoms with Crippen molar-refractivity contribution in [2.24, 2.45) is 0 Å². The lowest BCUT2D eigenvalue weighted by atomic mass is 10.1. The molecule has 2 aromatic rings. The molecule has 144 valence electrons. The van der Waals surface area contributed by atoms with Gasteiger partial charge in [-0.15, -0.1) is 0 Å². The molecule has 6 nitrogen and oxygen atoms in total. The maximum Gasteiger partial charge on any atom is 0.323 e. The van der Waals surface area contributed by atoms with Crippen molar-refractivity contribution in [3.63, 3.8) is 0 Å². The van der Waals surface area contributed by atoms with E-state index in [1.54, 1.807) is 17.0 Å². The summed E-state index contributed by atoms with van der Waals surface area (Å²) in [5.41, 5.74) is 3.79. The van der Waals surface area contributed by atoms with E-state index in [1.807, 2.05) is 70.1 Å². The topological polar surface area (TPSA) is 64.7 Å². The number of benzene rings is 2. The highest BCUT2D eigenvalue weighted by Gasteiger charge is 2.19. The average molecular weight is 368 g/mol. The molecule has 0 aromatic heterocycles. The number of rotatable bonds is 6. The molecule has 0 spiro atoms. The Labute approximate surface area is 161 Å². The Morgan fingerprint density at radius 1 is 0.889 bits per heavy atom. The molecule has 2 N–H and O–H groups in total. The first-order valence-corrected chi connectivity index (χ1v) is 9.11. The van der Waals surface area contributed by atoms with Gasteiger partial charge < -0.3 is 20.4 Å². The van der Waals surface area contributed by atoms with E-state index < -0.39 is 0 Å². The zero-order valence-electron chi connectivity index (χ0n) is 16.7. The Kier molecular flexibility index (Phi) is 6.82. The highest BCUT2D eigenvalue weighted by atomic mass is 16.2. The average Bonchev–Trinajstić information content (AvgIpc) is 2.64. The van der Waals surface area contributed by atoms with Gasteiger partial charge in [0.1, 0.15) is 0 Å². The lowest BCUT2D eigenvalue weighted by molar-refractivity contribution is 0.0773. The molecular formula is C21H28N4O2. The molecule has 0 unspecified atom stereocenters. The fourth-order valence-corrected chi connectivity index (χ4v) is 2.79. The molecule has 0 fully saturated rings. The monoisotopic (exact) mass is 368 g/mol. The molecule has 0 aliphatic rings. The minimum absolute atomic E-state index is 0.0497. The smallest absolute Gasteiger partial charge is 0.323 e. The fourth-order valence-electron chi connectivity index (χ4n) is 2.79. The molecular weight excluding hydrogens is 340 g/mol. The predicted molar refractivity (Wildman–Crippen MR) is 112 cm³/mol. The summed E-state index contributed by atoms with van der Waals surface area (Å²) in [4.78, 5) is 28.8. The highest BCUT2D eigenvalue weighted by Crippen LogP contribution is 2.24. The van der Waals surface area contributed by atoms with E-state index in [0.29, 0.717) is 30.0 Å². The molecule has 0 atom stereocenters. The van der Waals surface area contributed by atoms with Crippen LogP contribution in [0.5, 0.6) is 0 Å². The third-order valence-corrected chi connectivity index (χ3v) is 4.33. The molecule has 0 aliphatic carbocycles. The minimum atomic E-state index is -0.349. The third kappa shape index (κ3) is 5.23. The van der Waals surface area contributed by atoms with Crippen LogP contribution in [0.3, 0.4) is 0 Å². The van der Waals surface area contributed by atoms with Gasteiger partial charge in [-0.3, -0.25) is 4.79 Å². The Bertz CT molecular complexity index is 796. The van der Waals surface area contributed by atoms with Crippen LogP contribution in [-0.4, -0.2) is 44.0 Å². The zero-order chi connectivity index (χ0) is 20.0. The van der Waals surface area contributed by atoms with E-state index in [4.69, 9.17) is 0 Å². The second-order valence-electron chi connectivity index (χ2n) is 6.55. The van der Waals surface area contributed by atoms with E-state index >= 15 is 0 Å². The van der Waals surface area contributed by atoms with Gasteiger partial charge in [0.15, 0.2) is 0 Å². The van der Waals surface area contributed by atoms with Crippen LogP contribution >= 0.6 is 0 Å². The number of nitrogens with one attached hydrogen (secondary N) is 2. The summed E-state index contributed by atoms with van der Waals surface area (Å²) in [7, 11) is 3.79. The van der Waals surface area contributed by atoms with Gasteiger partial charge in [-0.2, -0.15) is 0 Å². The Morgan fingerprint density at radius 3 is 2.00 bits per heavy atom. The summed E-state index contributed by atoms with van der Waals surface area (Å²) < 4.78 is 0. The van der Waals surface area contributed by atoms with Crippen LogP contribution in [0.2, 0.25) is 0 Å². The highest BCUT2D eigenvalue weighted by molar-refractivity contribution is 6.04. The molecule has 2 rings (SSSR count). The SMILES string of the molecule is CCN(CC)C(=O)c1cc(NC(=O)Nc2ccc(C)cc2)ccc1N(C)C. The number of carbonyl (C=O) groups excluding carboxylic acids is 2. The second-order valence-corrected chi connectivity index (χ2v) is 6.55. The molecule has 6 heteroatoms. The number of urea groups is 1. The van der Waals surface area contributed by atoms with E-state index in [1.165, 1.54) is 0 Å². The molecule has 27 heavy (non-hydrogen) atoms. The zero-order valence-corrected chi connectivity index (χ0v) is 16.7. The summed E-state index contributed by atoms with van der Waals surface area (Å²) in [6.07, 6.45) is 0. The van der Waals surface area contributed by atoms with Crippen molar-refractivity contribution >= 4 is 29.0 Å². The molecule has 0 heterocycles. The number of carbonyl (C=O) groups is 2. The van der Waals surface area contributed by atoms with Gasteiger partial charge in [-0.1, -0.05) is 17.7 Å². The number of anilines is 3. The van der Waals surface area contributed by atoms with E-state index in [-0.39, 0.29) is 11.9 Å². The normalized spacial score (nSPS) is 10.3. The van der Waals surface area contributed by atoms with Crippen LogP contribution in [0.15, 0.2) is 42.5 Å². The van der Waals surface area contributed by atoms with Crippen LogP contribution in [0.25, 0.3) is 0 Å². The third-order valence-electron chi connectivity index (χ3n) is 4.33. The van der Waals surface area contributed by atoms with Crippen molar-refractivity contribution in [3.8, 4) is 0 Å². The first-order valence-electron chi connectivity index (χ1n) is 9.11. The summed E-state index contributed by atoms with van der Waals surface area (Å²) in [5, 5.41) is 5.60. The number of nitrogens with zero attached hydrogens (tertiary/aromatic N) is 2. The molecule has 2 aromatic carbocycles. The standard InChI is InChI=1S/C21H28N4O2/c1-6-25(7-2)20(26)18-14-17(12-13-19(18)24(4)5)23-21(27)22-16-10-8-15(3)9-11-16/h8-14H,6-7H2,1-5H3,(H2,22,23,27). The summed E-state index contributed by atoms with van der Waals surface area (Å²) in [5.74, 6) is -0.0497. The molecule has 0 aliphatic heterocycles. The number of hydrogen-bond acceptors (Lipinski definition) is 3. The van der Waals surface area contributed by atoms with Crippen LogP contribution in [0.4, 0.5) is 21.9 Å². The van der Waals surface area contributed by atoms with Crippen molar-refractivity contribution in [1.29, 1.82) is 0 Å². The van der Waals surface area contributed by atoms with Gasteiger partial charge in [-0.25, -0.2) is 4.79 Å². The number of aryl methyl sites for hydroxylation is 1. The number of amides is 3. The van der Waals surface area contributed by atoms with Gasteiger partial charge in [0.25, 0.3) is 5.91 Å². The number of hydrogen-bond donors (Lipinski definition) is 2. The van der Waals surface area contributed by atoms with Gasteiger partial charge >= 0.3 is 6.03 Å².